The Bertz CT molecular complexity index is 1470. The van der Waals surface area contributed by atoms with E-state index in [0.29, 0.717) is 34.9 Å². The van der Waals surface area contributed by atoms with E-state index in [9.17, 15) is 14.0 Å². The molecule has 0 aliphatic carbocycles. The highest BCUT2D eigenvalue weighted by atomic mass is 19.1. The molecule has 1 aliphatic heterocycles. The number of carbonyl (C=O) groups is 2. The summed E-state index contributed by atoms with van der Waals surface area (Å²) in [4.78, 5) is 29.8. The van der Waals surface area contributed by atoms with Gasteiger partial charge in [0, 0.05) is 12.1 Å². The first-order valence-corrected chi connectivity index (χ1v) is 12.8. The van der Waals surface area contributed by atoms with Gasteiger partial charge in [-0.3, -0.25) is 9.59 Å². The van der Waals surface area contributed by atoms with Gasteiger partial charge >= 0.3 is 0 Å². The Morgan fingerprint density at radius 2 is 1.62 bits per heavy atom. The summed E-state index contributed by atoms with van der Waals surface area (Å²) in [5, 5.41) is 3.06. The zero-order chi connectivity index (χ0) is 27.4. The maximum Gasteiger partial charge on any atom is 0.255 e. The van der Waals surface area contributed by atoms with E-state index in [2.05, 4.69) is 5.32 Å². The minimum Gasteiger partial charge on any atom is -0.497 e. The standard InChI is InChI=1S/C32H29FN2O4/c1-3-39-28-11-7-6-10-27(28)34-31(36)29-25-8-4-5-9-26(25)32(37)35(20-21-12-16-23(33)17-13-21)30(29)22-14-18-24(38-2)19-15-22/h4-19,29-30H,3,20H2,1-2H3,(H,34,36)/t29-,30+/m1/s1. The normalized spacial score (nSPS) is 16.4. The highest BCUT2D eigenvalue weighted by Gasteiger charge is 2.44. The van der Waals surface area contributed by atoms with Crippen molar-refractivity contribution in [3.8, 4) is 11.5 Å². The molecule has 0 spiro atoms. The van der Waals surface area contributed by atoms with Gasteiger partial charge in [-0.1, -0.05) is 54.6 Å². The van der Waals surface area contributed by atoms with Crippen LogP contribution in [0.4, 0.5) is 10.1 Å². The van der Waals surface area contributed by atoms with Crippen molar-refractivity contribution in [3.63, 3.8) is 0 Å². The lowest BCUT2D eigenvalue weighted by Crippen LogP contribution is -2.45. The largest absolute Gasteiger partial charge is 0.497 e. The second-order valence-electron chi connectivity index (χ2n) is 9.26. The SMILES string of the molecule is CCOc1ccccc1NC(=O)[C@@H]1c2ccccc2C(=O)N(Cc2ccc(F)cc2)[C@H]1c1ccc(OC)cc1. The summed E-state index contributed by atoms with van der Waals surface area (Å²) >= 11 is 0. The number of nitrogens with one attached hydrogen (secondary N) is 1. The maximum atomic E-state index is 14.2. The van der Waals surface area contributed by atoms with Crippen LogP contribution >= 0.6 is 0 Å². The van der Waals surface area contributed by atoms with Crippen molar-refractivity contribution in [3.05, 3.63) is 125 Å². The Morgan fingerprint density at radius 1 is 0.923 bits per heavy atom. The lowest BCUT2D eigenvalue weighted by Gasteiger charge is -2.42. The molecule has 0 saturated carbocycles. The summed E-state index contributed by atoms with van der Waals surface area (Å²) in [5.74, 6) is -0.328. The molecular weight excluding hydrogens is 495 g/mol. The summed E-state index contributed by atoms with van der Waals surface area (Å²) in [6.45, 7) is 2.53. The second-order valence-corrected chi connectivity index (χ2v) is 9.26. The first-order valence-electron chi connectivity index (χ1n) is 12.8. The predicted molar refractivity (Wildman–Crippen MR) is 147 cm³/mol. The lowest BCUT2D eigenvalue weighted by molar-refractivity contribution is -0.119. The van der Waals surface area contributed by atoms with Crippen LogP contribution in [0.1, 0.15) is 45.9 Å². The molecule has 2 atom stereocenters. The number of anilines is 1. The molecule has 0 unspecified atom stereocenters. The molecule has 1 aliphatic rings. The summed E-state index contributed by atoms with van der Waals surface area (Å²) in [7, 11) is 1.59. The molecule has 4 aromatic carbocycles. The van der Waals surface area contributed by atoms with E-state index in [1.165, 1.54) is 12.1 Å². The Hall–Kier alpha value is -4.65. The summed E-state index contributed by atoms with van der Waals surface area (Å²) < 4.78 is 24.7. The predicted octanol–water partition coefficient (Wildman–Crippen LogP) is 6.35. The van der Waals surface area contributed by atoms with Crippen molar-refractivity contribution in [1.29, 1.82) is 0 Å². The number of benzene rings is 4. The molecule has 4 aromatic rings. The third kappa shape index (κ3) is 5.34. The van der Waals surface area contributed by atoms with Crippen LogP contribution in [-0.2, 0) is 11.3 Å². The van der Waals surface area contributed by atoms with Gasteiger partial charge in [-0.05, 0) is 66.1 Å². The minimum atomic E-state index is -0.734. The number of hydrogen-bond donors (Lipinski definition) is 1. The molecule has 39 heavy (non-hydrogen) atoms. The van der Waals surface area contributed by atoms with Crippen LogP contribution in [0.3, 0.4) is 0 Å². The molecule has 198 valence electrons. The highest BCUT2D eigenvalue weighted by molar-refractivity contribution is 6.04. The molecule has 0 bridgehead atoms. The molecule has 0 saturated heterocycles. The zero-order valence-corrected chi connectivity index (χ0v) is 21.8. The van der Waals surface area contributed by atoms with Crippen molar-refractivity contribution in [1.82, 2.24) is 4.90 Å². The van der Waals surface area contributed by atoms with Crippen LogP contribution < -0.4 is 14.8 Å². The first-order chi connectivity index (χ1) is 19.0. The molecule has 5 rings (SSSR count). The second kappa shape index (κ2) is 11.4. The molecule has 2 amide bonds. The number of halogens is 1. The number of methoxy groups -OCH3 is 1. The van der Waals surface area contributed by atoms with Crippen LogP contribution in [0.2, 0.25) is 0 Å². The van der Waals surface area contributed by atoms with Crippen LogP contribution in [-0.4, -0.2) is 30.4 Å². The average Bonchev–Trinajstić information content (AvgIpc) is 2.96. The van der Waals surface area contributed by atoms with Crippen LogP contribution in [0.25, 0.3) is 0 Å². The van der Waals surface area contributed by atoms with E-state index in [0.717, 1.165) is 11.1 Å². The van der Waals surface area contributed by atoms with Gasteiger partial charge in [0.05, 0.1) is 31.4 Å². The van der Waals surface area contributed by atoms with Crippen molar-refractivity contribution in [2.24, 2.45) is 0 Å². The van der Waals surface area contributed by atoms with Crippen LogP contribution in [0.5, 0.6) is 11.5 Å². The van der Waals surface area contributed by atoms with E-state index in [4.69, 9.17) is 9.47 Å². The van der Waals surface area contributed by atoms with Gasteiger partial charge in [0.1, 0.15) is 17.3 Å². The summed E-state index contributed by atoms with van der Waals surface area (Å²) in [6.07, 6.45) is 0. The van der Waals surface area contributed by atoms with Gasteiger partial charge < -0.3 is 19.7 Å². The van der Waals surface area contributed by atoms with Crippen LogP contribution in [0.15, 0.2) is 97.1 Å². The number of nitrogens with zero attached hydrogens (tertiary/aromatic N) is 1. The number of ether oxygens (including phenoxy) is 2. The van der Waals surface area contributed by atoms with E-state index >= 15 is 0 Å². The Morgan fingerprint density at radius 3 is 2.33 bits per heavy atom. The lowest BCUT2D eigenvalue weighted by atomic mass is 9.79. The highest BCUT2D eigenvalue weighted by Crippen LogP contribution is 2.44. The fraction of sp³-hybridized carbons (Fsp3) is 0.188. The average molecular weight is 525 g/mol. The molecule has 1 N–H and O–H groups in total. The Kier molecular flexibility index (Phi) is 7.59. The minimum absolute atomic E-state index is 0.198. The van der Waals surface area contributed by atoms with E-state index in [1.807, 2.05) is 55.5 Å². The first kappa shape index (κ1) is 26.0. The molecule has 0 aromatic heterocycles. The number of para-hydroxylation sites is 2. The molecule has 7 heteroatoms. The van der Waals surface area contributed by atoms with Crippen molar-refractivity contribution in [2.45, 2.75) is 25.4 Å². The Labute approximate surface area is 227 Å². The third-order valence-electron chi connectivity index (χ3n) is 6.89. The topological polar surface area (TPSA) is 67.9 Å². The third-order valence-corrected chi connectivity index (χ3v) is 6.89. The fourth-order valence-corrected chi connectivity index (χ4v) is 5.07. The van der Waals surface area contributed by atoms with Gasteiger partial charge in [0.25, 0.3) is 5.91 Å². The fourth-order valence-electron chi connectivity index (χ4n) is 5.07. The summed E-state index contributed by atoms with van der Waals surface area (Å²) in [6, 6.07) is 27.3. The number of rotatable bonds is 8. The molecule has 0 radical (unpaired) electrons. The van der Waals surface area contributed by atoms with Crippen LogP contribution in [0, 0.1) is 5.82 Å². The summed E-state index contributed by atoms with van der Waals surface area (Å²) in [5.41, 5.74) is 3.19. The molecular formula is C32H29FN2O4. The zero-order valence-electron chi connectivity index (χ0n) is 21.8. The van der Waals surface area contributed by atoms with Gasteiger partial charge in [0.2, 0.25) is 5.91 Å². The van der Waals surface area contributed by atoms with Crippen molar-refractivity contribution < 1.29 is 23.5 Å². The van der Waals surface area contributed by atoms with Gasteiger partial charge in [-0.2, -0.15) is 0 Å². The maximum absolute atomic E-state index is 14.2. The monoisotopic (exact) mass is 524 g/mol. The van der Waals surface area contributed by atoms with E-state index < -0.39 is 12.0 Å². The molecule has 1 heterocycles. The molecule has 6 nitrogen and oxygen atoms in total. The number of carbonyl (C=O) groups excluding carboxylic acids is 2. The van der Waals surface area contributed by atoms with Gasteiger partial charge in [0.15, 0.2) is 0 Å². The molecule has 0 fully saturated rings. The van der Waals surface area contributed by atoms with E-state index in [1.54, 1.807) is 48.4 Å². The van der Waals surface area contributed by atoms with E-state index in [-0.39, 0.29) is 24.2 Å². The Balaban J connectivity index is 1.63. The number of amides is 2. The van der Waals surface area contributed by atoms with Crippen molar-refractivity contribution >= 4 is 17.5 Å². The van der Waals surface area contributed by atoms with Gasteiger partial charge in [-0.15, -0.1) is 0 Å². The quantitative estimate of drug-likeness (QED) is 0.292. The van der Waals surface area contributed by atoms with Gasteiger partial charge in [-0.25, -0.2) is 4.39 Å². The number of fused-ring (bicyclic) bond motifs is 1. The smallest absolute Gasteiger partial charge is 0.255 e. The van der Waals surface area contributed by atoms with Crippen molar-refractivity contribution in [2.75, 3.05) is 19.0 Å². The number of hydrogen-bond acceptors (Lipinski definition) is 4.